The first-order chi connectivity index (χ1) is 14.0. The third-order valence-electron chi connectivity index (χ3n) is 4.41. The van der Waals surface area contributed by atoms with Crippen molar-refractivity contribution in [3.63, 3.8) is 0 Å². The predicted octanol–water partition coefficient (Wildman–Crippen LogP) is 4.06. The lowest BCUT2D eigenvalue weighted by molar-refractivity contribution is 0.103. The van der Waals surface area contributed by atoms with Crippen LogP contribution < -0.4 is 5.32 Å². The molecule has 0 spiro atoms. The van der Waals surface area contributed by atoms with Gasteiger partial charge < -0.3 is 10.3 Å². The molecule has 0 aliphatic rings. The lowest BCUT2D eigenvalue weighted by Crippen LogP contribution is -2.11. The van der Waals surface area contributed by atoms with Gasteiger partial charge in [-0.3, -0.25) is 14.8 Å². The van der Waals surface area contributed by atoms with Crippen molar-refractivity contribution in [1.29, 1.82) is 0 Å². The van der Waals surface area contributed by atoms with E-state index < -0.39 is 17.4 Å². The Hall–Kier alpha value is -3.23. The first-order valence-electron chi connectivity index (χ1n) is 9.05. The average Bonchev–Trinajstić information content (AvgIpc) is 3.16. The smallest absolute Gasteiger partial charge is 0.228 e. The Bertz CT molecular complexity index is 1210. The molecule has 0 saturated carbocycles. The van der Waals surface area contributed by atoms with E-state index in [2.05, 4.69) is 25.3 Å². The topological polar surface area (TPSA) is 83.6 Å². The van der Waals surface area contributed by atoms with Crippen LogP contribution in [-0.4, -0.2) is 32.3 Å². The molecule has 3 aromatic heterocycles. The maximum Gasteiger partial charge on any atom is 0.228 e. The van der Waals surface area contributed by atoms with Gasteiger partial charge in [0.05, 0.1) is 11.2 Å². The number of carbonyl (C=O) groups excluding carboxylic acids is 1. The van der Waals surface area contributed by atoms with Gasteiger partial charge in [0.25, 0.3) is 0 Å². The molecule has 0 fully saturated rings. The Morgan fingerprint density at radius 2 is 2.00 bits per heavy atom. The quantitative estimate of drug-likeness (QED) is 0.451. The molecule has 30 heavy (non-hydrogen) atoms. The van der Waals surface area contributed by atoms with Crippen LogP contribution >= 0.6 is 12.4 Å². The number of rotatable bonds is 6. The minimum absolute atomic E-state index is 0. The Kier molecular flexibility index (Phi) is 6.49. The summed E-state index contributed by atoms with van der Waals surface area (Å²) in [6.45, 7) is 3.54. The molecule has 0 bridgehead atoms. The molecule has 2 N–H and O–H groups in total. The normalized spacial score (nSPS) is 10.8. The molecule has 9 heteroatoms. The number of H-pyrrole nitrogens is 1. The Balaban J connectivity index is 0.00000256. The number of hydrogen-bond donors (Lipinski definition) is 2. The number of fused-ring (bicyclic) bond motifs is 1. The molecule has 0 aliphatic carbocycles. The van der Waals surface area contributed by atoms with Gasteiger partial charge in [-0.2, -0.15) is 0 Å². The molecule has 0 unspecified atom stereocenters. The number of halogens is 3. The number of benzene rings is 1. The van der Waals surface area contributed by atoms with Gasteiger partial charge >= 0.3 is 0 Å². The molecule has 154 valence electrons. The molecule has 1 aromatic carbocycles. The summed E-state index contributed by atoms with van der Waals surface area (Å²) in [6, 6.07) is 6.95. The average molecular weight is 430 g/mol. The SMILES string of the molecule is CCNCc1cncc(-c2cc(C(=O)c3nc4c(F)cc(F)cc4[nH]3)ccn2)c1.Cl. The van der Waals surface area contributed by atoms with E-state index >= 15 is 0 Å². The zero-order valence-corrected chi connectivity index (χ0v) is 16.8. The van der Waals surface area contributed by atoms with Crippen molar-refractivity contribution in [2.75, 3.05) is 6.54 Å². The van der Waals surface area contributed by atoms with E-state index in [1.807, 2.05) is 13.0 Å². The van der Waals surface area contributed by atoms with Gasteiger partial charge in [0.2, 0.25) is 5.78 Å². The molecular weight excluding hydrogens is 412 g/mol. The fraction of sp³-hybridized carbons (Fsp3) is 0.143. The van der Waals surface area contributed by atoms with Crippen molar-refractivity contribution in [2.45, 2.75) is 13.5 Å². The Morgan fingerprint density at radius 3 is 2.80 bits per heavy atom. The van der Waals surface area contributed by atoms with E-state index in [1.54, 1.807) is 24.5 Å². The van der Waals surface area contributed by atoms with Crippen molar-refractivity contribution in [2.24, 2.45) is 0 Å². The van der Waals surface area contributed by atoms with Gasteiger partial charge in [-0.05, 0) is 36.4 Å². The van der Waals surface area contributed by atoms with Crippen molar-refractivity contribution in [3.8, 4) is 11.3 Å². The largest absolute Gasteiger partial charge is 0.335 e. The summed E-state index contributed by atoms with van der Waals surface area (Å²) in [5.74, 6) is -2.08. The van der Waals surface area contributed by atoms with Crippen LogP contribution in [0.1, 0.15) is 28.7 Å². The summed E-state index contributed by atoms with van der Waals surface area (Å²) in [5.41, 5.74) is 2.72. The molecule has 4 aromatic rings. The molecule has 6 nitrogen and oxygen atoms in total. The van der Waals surface area contributed by atoms with Gasteiger partial charge in [-0.25, -0.2) is 13.8 Å². The van der Waals surface area contributed by atoms with Gasteiger partial charge in [-0.15, -0.1) is 12.4 Å². The maximum absolute atomic E-state index is 13.9. The van der Waals surface area contributed by atoms with Crippen LogP contribution in [0.25, 0.3) is 22.3 Å². The molecule has 0 amide bonds. The number of pyridine rings is 2. The molecule has 0 aliphatic heterocycles. The molecule has 0 radical (unpaired) electrons. The van der Waals surface area contributed by atoms with E-state index in [4.69, 9.17) is 0 Å². The second-order valence-electron chi connectivity index (χ2n) is 6.49. The first-order valence-corrected chi connectivity index (χ1v) is 9.05. The minimum Gasteiger partial charge on any atom is -0.335 e. The number of carbonyl (C=O) groups is 1. The number of hydrogen-bond acceptors (Lipinski definition) is 5. The van der Waals surface area contributed by atoms with E-state index in [9.17, 15) is 13.6 Å². The van der Waals surface area contributed by atoms with Crippen LogP contribution in [-0.2, 0) is 6.54 Å². The van der Waals surface area contributed by atoms with E-state index in [-0.39, 0.29) is 29.3 Å². The Morgan fingerprint density at radius 1 is 1.17 bits per heavy atom. The van der Waals surface area contributed by atoms with E-state index in [0.29, 0.717) is 17.8 Å². The lowest BCUT2D eigenvalue weighted by atomic mass is 10.1. The van der Waals surface area contributed by atoms with Gasteiger partial charge in [0.15, 0.2) is 11.6 Å². The third-order valence-corrected chi connectivity index (χ3v) is 4.41. The van der Waals surface area contributed by atoms with E-state index in [0.717, 1.165) is 29.8 Å². The van der Waals surface area contributed by atoms with Crippen molar-refractivity contribution >= 4 is 29.2 Å². The molecule has 0 saturated heterocycles. The fourth-order valence-corrected chi connectivity index (χ4v) is 3.01. The highest BCUT2D eigenvalue weighted by Gasteiger charge is 2.17. The summed E-state index contributed by atoms with van der Waals surface area (Å²) in [6.07, 6.45) is 4.96. The molecule has 0 atom stereocenters. The molecule has 4 rings (SSSR count). The van der Waals surface area contributed by atoms with Crippen molar-refractivity contribution in [1.82, 2.24) is 25.3 Å². The van der Waals surface area contributed by atoms with Crippen LogP contribution in [0.3, 0.4) is 0 Å². The highest BCUT2D eigenvalue weighted by atomic mass is 35.5. The summed E-state index contributed by atoms with van der Waals surface area (Å²) in [7, 11) is 0. The number of imidazole rings is 1. The van der Waals surface area contributed by atoms with Crippen LogP contribution in [0.4, 0.5) is 8.78 Å². The number of aromatic amines is 1. The molecule has 3 heterocycles. The number of nitrogens with zero attached hydrogens (tertiary/aromatic N) is 3. The van der Waals surface area contributed by atoms with Crippen LogP contribution in [0, 0.1) is 11.6 Å². The van der Waals surface area contributed by atoms with Gasteiger partial charge in [0, 0.05) is 42.3 Å². The zero-order valence-electron chi connectivity index (χ0n) is 15.9. The highest BCUT2D eigenvalue weighted by Crippen LogP contribution is 2.22. The first kappa shape index (κ1) is 21.5. The summed E-state index contributed by atoms with van der Waals surface area (Å²) >= 11 is 0. The van der Waals surface area contributed by atoms with Gasteiger partial charge in [0.1, 0.15) is 11.3 Å². The van der Waals surface area contributed by atoms with Crippen LogP contribution in [0.15, 0.2) is 48.9 Å². The van der Waals surface area contributed by atoms with Crippen molar-refractivity contribution < 1.29 is 13.6 Å². The van der Waals surface area contributed by atoms with Crippen LogP contribution in [0.2, 0.25) is 0 Å². The monoisotopic (exact) mass is 429 g/mol. The third kappa shape index (κ3) is 4.34. The lowest BCUT2D eigenvalue weighted by Gasteiger charge is -2.06. The number of ketones is 1. The second-order valence-corrected chi connectivity index (χ2v) is 6.49. The minimum atomic E-state index is -0.825. The predicted molar refractivity (Wildman–Crippen MR) is 112 cm³/mol. The second kappa shape index (κ2) is 9.06. The zero-order chi connectivity index (χ0) is 20.4. The van der Waals surface area contributed by atoms with Gasteiger partial charge in [-0.1, -0.05) is 6.92 Å². The van der Waals surface area contributed by atoms with Crippen LogP contribution in [0.5, 0.6) is 0 Å². The van der Waals surface area contributed by atoms with Crippen molar-refractivity contribution in [3.05, 3.63) is 77.5 Å². The molecular formula is C21H18ClF2N5O. The highest BCUT2D eigenvalue weighted by molar-refractivity contribution is 6.08. The summed E-state index contributed by atoms with van der Waals surface area (Å²) in [4.78, 5) is 28.1. The Labute approximate surface area is 177 Å². The van der Waals surface area contributed by atoms with E-state index in [1.165, 1.54) is 6.20 Å². The standard InChI is InChI=1S/C21H17F2N5O.ClH/c1-2-24-9-12-5-14(11-25-10-12)17-6-13(3-4-26-17)20(29)21-27-18-8-15(22)7-16(23)19(18)28-21;/h3-8,10-11,24H,2,9H2,1H3,(H,27,28);1H. The summed E-state index contributed by atoms with van der Waals surface area (Å²) in [5, 5.41) is 3.23. The fourth-order valence-electron chi connectivity index (χ4n) is 3.01. The summed E-state index contributed by atoms with van der Waals surface area (Å²) < 4.78 is 27.3. The number of aromatic nitrogens is 4. The maximum atomic E-state index is 13.9. The number of nitrogens with one attached hydrogen (secondary N) is 2.